The average Bonchev–Trinajstić information content (AvgIpc) is 2.94. The van der Waals surface area contributed by atoms with Gasteiger partial charge in [-0.05, 0) is 69.8 Å². The number of aliphatic imine (C=N–C) groups is 1. The van der Waals surface area contributed by atoms with Crippen molar-refractivity contribution in [2.75, 3.05) is 20.1 Å². The summed E-state index contributed by atoms with van der Waals surface area (Å²) in [6, 6.07) is 9.06. The fraction of sp³-hybridized carbons (Fsp3) is 0.600. The van der Waals surface area contributed by atoms with E-state index in [1.54, 1.807) is 0 Å². The summed E-state index contributed by atoms with van der Waals surface area (Å²) in [4.78, 5) is 7.07. The Hall–Kier alpha value is -2.34. The van der Waals surface area contributed by atoms with Gasteiger partial charge in [0.1, 0.15) is 0 Å². The summed E-state index contributed by atoms with van der Waals surface area (Å²) in [5.74, 6) is 0.844. The lowest BCUT2D eigenvalue weighted by Crippen LogP contribution is -2.43. The second-order valence-corrected chi connectivity index (χ2v) is 8.91. The van der Waals surface area contributed by atoms with Crippen molar-refractivity contribution in [2.24, 2.45) is 12.0 Å². The fourth-order valence-electron chi connectivity index (χ4n) is 4.50. The molecular formula is C25H40N6. The number of rotatable bonds is 7. The monoisotopic (exact) mass is 424 g/mol. The van der Waals surface area contributed by atoms with Gasteiger partial charge in [0, 0.05) is 38.9 Å². The van der Waals surface area contributed by atoms with Crippen LogP contribution in [0.3, 0.4) is 0 Å². The predicted molar refractivity (Wildman–Crippen MR) is 129 cm³/mol. The molecule has 0 aliphatic carbocycles. The summed E-state index contributed by atoms with van der Waals surface area (Å²) in [5, 5.41) is 11.6. The molecule has 3 rings (SSSR count). The van der Waals surface area contributed by atoms with E-state index in [1.807, 2.05) is 18.8 Å². The average molecular weight is 425 g/mol. The SMILES string of the molecule is CN=C(NCc1ccccc1CN1CCCCCC1)NC(C)Cc1c(C)nn(C)c1C. The first kappa shape index (κ1) is 23.3. The van der Waals surface area contributed by atoms with Gasteiger partial charge >= 0.3 is 0 Å². The normalized spacial score (nSPS) is 16.7. The van der Waals surface area contributed by atoms with Crippen LogP contribution < -0.4 is 10.6 Å². The molecule has 170 valence electrons. The molecule has 0 saturated carbocycles. The second-order valence-electron chi connectivity index (χ2n) is 8.91. The Labute approximate surface area is 188 Å². The van der Waals surface area contributed by atoms with E-state index in [4.69, 9.17) is 0 Å². The highest BCUT2D eigenvalue weighted by Crippen LogP contribution is 2.17. The Morgan fingerprint density at radius 2 is 1.77 bits per heavy atom. The van der Waals surface area contributed by atoms with Gasteiger partial charge in [-0.1, -0.05) is 37.1 Å². The van der Waals surface area contributed by atoms with Crippen molar-refractivity contribution in [2.45, 2.75) is 72.0 Å². The largest absolute Gasteiger partial charge is 0.354 e. The molecule has 1 aliphatic rings. The summed E-state index contributed by atoms with van der Waals surface area (Å²) in [6.07, 6.45) is 6.32. The van der Waals surface area contributed by atoms with E-state index in [-0.39, 0.29) is 6.04 Å². The highest BCUT2D eigenvalue weighted by molar-refractivity contribution is 5.80. The molecule has 31 heavy (non-hydrogen) atoms. The van der Waals surface area contributed by atoms with E-state index in [0.717, 1.165) is 31.2 Å². The quantitative estimate of drug-likeness (QED) is 0.526. The Bertz CT molecular complexity index is 861. The van der Waals surface area contributed by atoms with Gasteiger partial charge in [0.2, 0.25) is 0 Å². The second kappa shape index (κ2) is 11.3. The molecule has 2 aromatic rings. The highest BCUT2D eigenvalue weighted by atomic mass is 15.3. The number of guanidine groups is 1. The maximum absolute atomic E-state index is 4.54. The topological polar surface area (TPSA) is 57.5 Å². The van der Waals surface area contributed by atoms with Crippen LogP contribution in [0.1, 0.15) is 60.7 Å². The zero-order valence-corrected chi connectivity index (χ0v) is 20.0. The molecule has 0 spiro atoms. The minimum absolute atomic E-state index is 0.264. The summed E-state index contributed by atoms with van der Waals surface area (Å²) >= 11 is 0. The predicted octanol–water partition coefficient (Wildman–Crippen LogP) is 3.71. The Balaban J connectivity index is 1.56. The smallest absolute Gasteiger partial charge is 0.191 e. The Kier molecular flexibility index (Phi) is 8.52. The molecule has 0 bridgehead atoms. The third kappa shape index (κ3) is 6.57. The van der Waals surface area contributed by atoms with Crippen LogP contribution >= 0.6 is 0 Å². The van der Waals surface area contributed by atoms with E-state index >= 15 is 0 Å². The van der Waals surface area contributed by atoms with Crippen LogP contribution in [0.25, 0.3) is 0 Å². The molecule has 1 aliphatic heterocycles. The summed E-state index contributed by atoms with van der Waals surface area (Å²) in [7, 11) is 3.85. The minimum Gasteiger partial charge on any atom is -0.354 e. The van der Waals surface area contributed by atoms with Gasteiger partial charge in [-0.3, -0.25) is 14.6 Å². The molecule has 2 N–H and O–H groups in total. The highest BCUT2D eigenvalue weighted by Gasteiger charge is 2.15. The number of nitrogens with zero attached hydrogens (tertiary/aromatic N) is 4. The van der Waals surface area contributed by atoms with Crippen LogP contribution in [0.15, 0.2) is 29.3 Å². The lowest BCUT2D eigenvalue weighted by atomic mass is 10.1. The molecule has 0 amide bonds. The van der Waals surface area contributed by atoms with E-state index < -0.39 is 0 Å². The minimum atomic E-state index is 0.264. The van der Waals surface area contributed by atoms with Crippen molar-refractivity contribution in [1.29, 1.82) is 0 Å². The molecule has 1 aromatic carbocycles. The third-order valence-corrected chi connectivity index (χ3v) is 6.43. The molecule has 1 saturated heterocycles. The van der Waals surface area contributed by atoms with Gasteiger partial charge in [-0.25, -0.2) is 0 Å². The molecule has 0 radical (unpaired) electrons. The van der Waals surface area contributed by atoms with Crippen LogP contribution in [0, 0.1) is 13.8 Å². The first-order valence-electron chi connectivity index (χ1n) is 11.7. The van der Waals surface area contributed by atoms with Crippen molar-refractivity contribution in [3.63, 3.8) is 0 Å². The number of benzene rings is 1. The first-order valence-corrected chi connectivity index (χ1v) is 11.7. The molecule has 1 unspecified atom stereocenters. The van der Waals surface area contributed by atoms with Gasteiger partial charge < -0.3 is 10.6 Å². The first-order chi connectivity index (χ1) is 15.0. The van der Waals surface area contributed by atoms with Crippen LogP contribution in [0.5, 0.6) is 0 Å². The van der Waals surface area contributed by atoms with Gasteiger partial charge in [-0.2, -0.15) is 5.10 Å². The van der Waals surface area contributed by atoms with Gasteiger partial charge in [-0.15, -0.1) is 0 Å². The van der Waals surface area contributed by atoms with Crippen molar-refractivity contribution < 1.29 is 0 Å². The van der Waals surface area contributed by atoms with Gasteiger partial charge in [0.05, 0.1) is 5.69 Å². The van der Waals surface area contributed by atoms with Crippen molar-refractivity contribution in [1.82, 2.24) is 25.3 Å². The van der Waals surface area contributed by atoms with Crippen LogP contribution in [0.2, 0.25) is 0 Å². The maximum Gasteiger partial charge on any atom is 0.191 e. The van der Waals surface area contributed by atoms with Crippen LogP contribution in [0.4, 0.5) is 0 Å². The number of aryl methyl sites for hydroxylation is 2. The lowest BCUT2D eigenvalue weighted by molar-refractivity contribution is 0.276. The van der Waals surface area contributed by atoms with Crippen LogP contribution in [-0.4, -0.2) is 46.8 Å². The zero-order chi connectivity index (χ0) is 22.2. The van der Waals surface area contributed by atoms with E-state index in [9.17, 15) is 0 Å². The molecular weight excluding hydrogens is 384 g/mol. The lowest BCUT2D eigenvalue weighted by Gasteiger charge is -2.22. The molecule has 6 heteroatoms. The number of aromatic nitrogens is 2. The molecule has 1 aromatic heterocycles. The Morgan fingerprint density at radius 1 is 1.10 bits per heavy atom. The van der Waals surface area contributed by atoms with E-state index in [0.29, 0.717) is 0 Å². The number of likely N-dealkylation sites (tertiary alicyclic amines) is 1. The maximum atomic E-state index is 4.54. The number of hydrogen-bond donors (Lipinski definition) is 2. The third-order valence-electron chi connectivity index (χ3n) is 6.43. The summed E-state index contributed by atoms with van der Waals surface area (Å²) in [6.45, 7) is 10.7. The van der Waals surface area contributed by atoms with Crippen molar-refractivity contribution in [3.05, 3.63) is 52.3 Å². The van der Waals surface area contributed by atoms with Gasteiger partial charge in [0.15, 0.2) is 5.96 Å². The van der Waals surface area contributed by atoms with E-state index in [2.05, 4.69) is 70.7 Å². The zero-order valence-electron chi connectivity index (χ0n) is 20.0. The number of hydrogen-bond acceptors (Lipinski definition) is 3. The number of nitrogens with one attached hydrogen (secondary N) is 2. The molecule has 1 fully saturated rings. The standard InChI is InChI=1S/C25H40N6/c1-19(16-24-20(2)29-30(5)21(24)3)28-25(26-4)27-17-22-12-8-9-13-23(22)18-31-14-10-6-7-11-15-31/h8-9,12-13,19H,6-7,10-11,14-18H2,1-5H3,(H2,26,27,28). The molecule has 2 heterocycles. The summed E-state index contributed by atoms with van der Waals surface area (Å²) in [5.41, 5.74) is 6.43. The van der Waals surface area contributed by atoms with Crippen molar-refractivity contribution >= 4 is 5.96 Å². The fourth-order valence-corrected chi connectivity index (χ4v) is 4.50. The molecule has 6 nitrogen and oxygen atoms in total. The summed E-state index contributed by atoms with van der Waals surface area (Å²) < 4.78 is 1.96. The molecule has 1 atom stereocenters. The Morgan fingerprint density at radius 3 is 2.39 bits per heavy atom. The van der Waals surface area contributed by atoms with Crippen LogP contribution in [-0.2, 0) is 26.6 Å². The van der Waals surface area contributed by atoms with E-state index in [1.165, 1.54) is 61.2 Å². The van der Waals surface area contributed by atoms with Crippen molar-refractivity contribution in [3.8, 4) is 0 Å². The van der Waals surface area contributed by atoms with Gasteiger partial charge in [0.25, 0.3) is 0 Å².